The third-order valence-electron chi connectivity index (χ3n) is 2.95. The molecular weight excluding hydrogens is 314 g/mol. The number of carbonyl (C=O) groups is 2. The first-order valence-electron chi connectivity index (χ1n) is 5.71. The van der Waals surface area contributed by atoms with Crippen LogP contribution in [0.2, 0.25) is 0 Å². The zero-order chi connectivity index (χ0) is 13.3. The van der Waals surface area contributed by atoms with Gasteiger partial charge < -0.3 is 4.90 Å². The van der Waals surface area contributed by atoms with Crippen LogP contribution in [0, 0.1) is 6.92 Å². The van der Waals surface area contributed by atoms with Gasteiger partial charge in [0.2, 0.25) is 5.91 Å². The Hall–Kier alpha value is -0.810. The van der Waals surface area contributed by atoms with Gasteiger partial charge in [-0.05, 0) is 24.6 Å². The molecule has 1 heterocycles. The van der Waals surface area contributed by atoms with E-state index < -0.39 is 0 Å². The van der Waals surface area contributed by atoms with Crippen molar-refractivity contribution in [2.24, 2.45) is 0 Å². The lowest BCUT2D eigenvalue weighted by Gasteiger charge is -2.19. The monoisotopic (exact) mass is 327 g/mol. The Kier molecular flexibility index (Phi) is 4.12. The third kappa shape index (κ3) is 2.78. The molecular formula is C13H14BrNO2S. The Balaban J connectivity index is 2.22. The fourth-order valence-electron chi connectivity index (χ4n) is 2.11. The standard InChI is InChI=1S/C13H14BrNO2S/c1-8-11(14)4-3-5-12(8)15-7-10(6-13(15)17)18-9(2)16/h3-5,10H,6-7H2,1-2H3. The Morgan fingerprint density at radius 2 is 2.22 bits per heavy atom. The van der Waals surface area contributed by atoms with Crippen molar-refractivity contribution in [3.05, 3.63) is 28.2 Å². The second-order valence-corrected chi connectivity index (χ2v) is 6.66. The molecule has 18 heavy (non-hydrogen) atoms. The van der Waals surface area contributed by atoms with E-state index in [1.54, 1.807) is 11.8 Å². The highest BCUT2D eigenvalue weighted by Crippen LogP contribution is 2.33. The van der Waals surface area contributed by atoms with Crippen molar-refractivity contribution in [2.45, 2.75) is 25.5 Å². The van der Waals surface area contributed by atoms with Crippen molar-refractivity contribution in [1.82, 2.24) is 0 Å². The van der Waals surface area contributed by atoms with E-state index in [9.17, 15) is 9.59 Å². The van der Waals surface area contributed by atoms with Gasteiger partial charge in [0.05, 0.1) is 0 Å². The summed E-state index contributed by atoms with van der Waals surface area (Å²) in [5.74, 6) is 0.0925. The lowest BCUT2D eigenvalue weighted by Crippen LogP contribution is -2.25. The molecule has 0 aromatic heterocycles. The Morgan fingerprint density at radius 3 is 2.89 bits per heavy atom. The summed E-state index contributed by atoms with van der Waals surface area (Å²) in [7, 11) is 0. The lowest BCUT2D eigenvalue weighted by atomic mass is 10.2. The summed E-state index contributed by atoms with van der Waals surface area (Å²) in [6.07, 6.45) is 0.441. The molecule has 0 N–H and O–H groups in total. The van der Waals surface area contributed by atoms with E-state index in [-0.39, 0.29) is 16.3 Å². The smallest absolute Gasteiger partial charge is 0.228 e. The fraction of sp³-hybridized carbons (Fsp3) is 0.385. The number of anilines is 1. The normalized spacial score (nSPS) is 19.4. The van der Waals surface area contributed by atoms with Crippen LogP contribution in [0.5, 0.6) is 0 Å². The molecule has 3 nitrogen and oxygen atoms in total. The van der Waals surface area contributed by atoms with Gasteiger partial charge in [-0.25, -0.2) is 0 Å². The molecule has 1 aliphatic rings. The molecule has 0 saturated carbocycles. The van der Waals surface area contributed by atoms with E-state index >= 15 is 0 Å². The Bertz CT molecular complexity index is 504. The van der Waals surface area contributed by atoms with Gasteiger partial charge in [0.25, 0.3) is 0 Å². The second-order valence-electron chi connectivity index (χ2n) is 4.32. The van der Waals surface area contributed by atoms with Gasteiger partial charge in [0.15, 0.2) is 5.12 Å². The maximum Gasteiger partial charge on any atom is 0.228 e. The number of amides is 1. The summed E-state index contributed by atoms with van der Waals surface area (Å²) >= 11 is 4.73. The van der Waals surface area contributed by atoms with Crippen LogP contribution >= 0.6 is 27.7 Å². The van der Waals surface area contributed by atoms with E-state index in [0.717, 1.165) is 15.7 Å². The molecule has 1 unspecified atom stereocenters. The first kappa shape index (κ1) is 13.6. The van der Waals surface area contributed by atoms with Gasteiger partial charge in [-0.1, -0.05) is 33.8 Å². The van der Waals surface area contributed by atoms with Crippen LogP contribution in [-0.4, -0.2) is 22.8 Å². The predicted molar refractivity (Wildman–Crippen MR) is 77.9 cm³/mol. The molecule has 1 fully saturated rings. The number of hydrogen-bond donors (Lipinski definition) is 0. The average molecular weight is 328 g/mol. The average Bonchev–Trinajstić information content (AvgIpc) is 2.62. The molecule has 1 aliphatic heterocycles. The van der Waals surface area contributed by atoms with Crippen LogP contribution in [0.3, 0.4) is 0 Å². The highest BCUT2D eigenvalue weighted by molar-refractivity contribution is 9.10. The van der Waals surface area contributed by atoms with Crippen molar-refractivity contribution < 1.29 is 9.59 Å². The zero-order valence-corrected chi connectivity index (χ0v) is 12.7. The van der Waals surface area contributed by atoms with E-state index in [1.807, 2.05) is 25.1 Å². The summed E-state index contributed by atoms with van der Waals surface area (Å²) in [6.45, 7) is 4.14. The van der Waals surface area contributed by atoms with Crippen LogP contribution in [0.25, 0.3) is 0 Å². The molecule has 5 heteroatoms. The van der Waals surface area contributed by atoms with Crippen molar-refractivity contribution in [3.63, 3.8) is 0 Å². The number of rotatable bonds is 2. The molecule has 2 rings (SSSR count). The first-order valence-corrected chi connectivity index (χ1v) is 7.39. The molecule has 1 saturated heterocycles. The zero-order valence-electron chi connectivity index (χ0n) is 10.3. The Labute approximate surface area is 119 Å². The molecule has 0 radical (unpaired) electrons. The van der Waals surface area contributed by atoms with Gasteiger partial charge in [0.1, 0.15) is 0 Å². The van der Waals surface area contributed by atoms with E-state index in [0.29, 0.717) is 13.0 Å². The van der Waals surface area contributed by atoms with Crippen molar-refractivity contribution in [1.29, 1.82) is 0 Å². The highest BCUT2D eigenvalue weighted by atomic mass is 79.9. The number of benzene rings is 1. The topological polar surface area (TPSA) is 37.4 Å². The predicted octanol–water partition coefficient (Wildman–Crippen LogP) is 3.14. The fourth-order valence-corrected chi connectivity index (χ4v) is 3.38. The summed E-state index contributed by atoms with van der Waals surface area (Å²) in [5.41, 5.74) is 1.99. The van der Waals surface area contributed by atoms with Gasteiger partial charge in [0, 0.05) is 35.3 Å². The number of carbonyl (C=O) groups excluding carboxylic acids is 2. The molecule has 1 aromatic rings. The molecule has 96 valence electrons. The van der Waals surface area contributed by atoms with E-state index in [4.69, 9.17) is 0 Å². The van der Waals surface area contributed by atoms with Crippen molar-refractivity contribution in [3.8, 4) is 0 Å². The van der Waals surface area contributed by atoms with Crippen LogP contribution in [0.4, 0.5) is 5.69 Å². The summed E-state index contributed by atoms with van der Waals surface area (Å²) in [4.78, 5) is 24.9. The summed E-state index contributed by atoms with van der Waals surface area (Å²) in [5, 5.41) is 0.147. The number of halogens is 1. The third-order valence-corrected chi connectivity index (χ3v) is 4.79. The van der Waals surface area contributed by atoms with Gasteiger partial charge in [-0.3, -0.25) is 9.59 Å². The number of nitrogens with zero attached hydrogens (tertiary/aromatic N) is 1. The second kappa shape index (κ2) is 5.45. The maximum atomic E-state index is 12.0. The van der Waals surface area contributed by atoms with Crippen molar-refractivity contribution >= 4 is 44.4 Å². The van der Waals surface area contributed by atoms with Crippen LogP contribution in [-0.2, 0) is 9.59 Å². The minimum Gasteiger partial charge on any atom is -0.311 e. The number of hydrogen-bond acceptors (Lipinski definition) is 3. The van der Waals surface area contributed by atoms with Crippen molar-refractivity contribution in [2.75, 3.05) is 11.4 Å². The SMILES string of the molecule is CC(=O)SC1CC(=O)N(c2cccc(Br)c2C)C1. The van der Waals surface area contributed by atoms with Gasteiger partial charge in [-0.15, -0.1) is 0 Å². The largest absolute Gasteiger partial charge is 0.311 e. The maximum absolute atomic E-state index is 12.0. The van der Waals surface area contributed by atoms with Gasteiger partial charge in [-0.2, -0.15) is 0 Å². The minimum absolute atomic E-state index is 0.0700. The van der Waals surface area contributed by atoms with Gasteiger partial charge >= 0.3 is 0 Å². The van der Waals surface area contributed by atoms with E-state index in [2.05, 4.69) is 15.9 Å². The van der Waals surface area contributed by atoms with E-state index in [1.165, 1.54) is 11.8 Å². The highest BCUT2D eigenvalue weighted by Gasteiger charge is 2.32. The summed E-state index contributed by atoms with van der Waals surface area (Å²) < 4.78 is 0.996. The minimum atomic E-state index is 0.0700. The molecule has 0 spiro atoms. The Morgan fingerprint density at radius 1 is 1.50 bits per heavy atom. The molecule has 0 bridgehead atoms. The lowest BCUT2D eigenvalue weighted by molar-refractivity contribution is -0.117. The molecule has 1 amide bonds. The van der Waals surface area contributed by atoms with Crippen LogP contribution < -0.4 is 4.90 Å². The number of thioether (sulfide) groups is 1. The molecule has 0 aliphatic carbocycles. The van der Waals surface area contributed by atoms with Crippen LogP contribution in [0.1, 0.15) is 18.9 Å². The van der Waals surface area contributed by atoms with Crippen LogP contribution in [0.15, 0.2) is 22.7 Å². The summed E-state index contributed by atoms with van der Waals surface area (Å²) in [6, 6.07) is 5.82. The quantitative estimate of drug-likeness (QED) is 0.837. The molecule has 1 atom stereocenters. The first-order chi connectivity index (χ1) is 8.49. The molecule has 1 aromatic carbocycles.